The summed E-state index contributed by atoms with van der Waals surface area (Å²) < 4.78 is 6.01. The van der Waals surface area contributed by atoms with Crippen molar-refractivity contribution in [1.82, 2.24) is 5.32 Å². The number of ether oxygens (including phenoxy) is 1. The minimum Gasteiger partial charge on any atom is -0.488 e. The largest absolute Gasteiger partial charge is 0.488 e. The van der Waals surface area contributed by atoms with Gasteiger partial charge < -0.3 is 10.1 Å². The lowest BCUT2D eigenvalue weighted by molar-refractivity contribution is 0.211. The Bertz CT molecular complexity index is 392. The zero-order valence-electron chi connectivity index (χ0n) is 10.8. The molecule has 0 bridgehead atoms. The maximum absolute atomic E-state index is 6.01. The highest BCUT2D eigenvalue weighted by molar-refractivity contribution is 5.49. The Morgan fingerprint density at radius 1 is 1.25 bits per heavy atom. The van der Waals surface area contributed by atoms with Gasteiger partial charge in [-0.3, -0.25) is 0 Å². The fourth-order valence-electron chi connectivity index (χ4n) is 2.42. The lowest BCUT2D eigenvalue weighted by atomic mass is 9.85. The van der Waals surface area contributed by atoms with Crippen LogP contribution in [-0.2, 0) is 5.41 Å². The molecule has 0 spiro atoms. The molecule has 0 aromatic heterocycles. The smallest absolute Gasteiger partial charge is 0.128 e. The van der Waals surface area contributed by atoms with Gasteiger partial charge in [-0.05, 0) is 24.9 Å². The molecule has 0 amide bonds. The fourth-order valence-corrected chi connectivity index (χ4v) is 2.42. The molecule has 1 aliphatic rings. The highest BCUT2D eigenvalue weighted by Gasteiger charge is 2.33. The van der Waals surface area contributed by atoms with E-state index in [1.54, 1.807) is 0 Å². The highest BCUT2D eigenvalue weighted by Crippen LogP contribution is 2.43. The van der Waals surface area contributed by atoms with Crippen molar-refractivity contribution >= 4 is 0 Å². The van der Waals surface area contributed by atoms with Crippen molar-refractivity contribution < 1.29 is 4.74 Å². The second-order valence-electron chi connectivity index (χ2n) is 5.56. The normalized spacial score (nSPS) is 24.1. The Morgan fingerprint density at radius 2 is 1.94 bits per heavy atom. The molecule has 0 saturated heterocycles. The average molecular weight is 219 g/mol. The van der Waals surface area contributed by atoms with E-state index in [1.165, 1.54) is 11.1 Å². The minimum atomic E-state index is 0.133. The molecular weight excluding hydrogens is 198 g/mol. The quantitative estimate of drug-likeness (QED) is 0.784. The molecule has 1 aliphatic heterocycles. The van der Waals surface area contributed by atoms with Crippen LogP contribution in [-0.4, -0.2) is 13.2 Å². The first-order chi connectivity index (χ1) is 7.45. The number of para-hydroxylation sites is 1. The van der Waals surface area contributed by atoms with E-state index in [1.807, 2.05) is 7.05 Å². The predicted octanol–water partition coefficient (Wildman–Crippen LogP) is 3.03. The molecular formula is C14H21NO. The first-order valence-corrected chi connectivity index (χ1v) is 5.92. The molecule has 1 aromatic carbocycles. The average Bonchev–Trinajstić information content (AvgIpc) is 2.50. The summed E-state index contributed by atoms with van der Waals surface area (Å²) in [6.07, 6.45) is 0.212. The van der Waals surface area contributed by atoms with Crippen LogP contribution in [0.15, 0.2) is 18.2 Å². The standard InChI is InChI=1S/C14H21NO/c1-9-12(15-5)10-7-6-8-11(13(10)16-9)14(2,3)4/h6-9,12,15H,1-5H3. The van der Waals surface area contributed by atoms with Crippen molar-refractivity contribution in [2.75, 3.05) is 7.05 Å². The van der Waals surface area contributed by atoms with Gasteiger partial charge in [-0.25, -0.2) is 0 Å². The van der Waals surface area contributed by atoms with E-state index in [2.05, 4.69) is 51.2 Å². The van der Waals surface area contributed by atoms with Crippen LogP contribution in [0.5, 0.6) is 5.75 Å². The molecule has 0 aliphatic carbocycles. The van der Waals surface area contributed by atoms with Crippen molar-refractivity contribution in [3.8, 4) is 5.75 Å². The summed E-state index contributed by atoms with van der Waals surface area (Å²) in [5.41, 5.74) is 2.73. The number of nitrogens with one attached hydrogen (secondary N) is 1. The number of rotatable bonds is 1. The maximum Gasteiger partial charge on any atom is 0.128 e. The third kappa shape index (κ3) is 1.71. The number of hydrogen-bond acceptors (Lipinski definition) is 2. The van der Waals surface area contributed by atoms with E-state index in [0.717, 1.165) is 5.75 Å². The molecule has 1 heterocycles. The van der Waals surface area contributed by atoms with Crippen LogP contribution in [0, 0.1) is 0 Å². The van der Waals surface area contributed by atoms with Crippen molar-refractivity contribution in [3.05, 3.63) is 29.3 Å². The van der Waals surface area contributed by atoms with Gasteiger partial charge in [-0.15, -0.1) is 0 Å². The molecule has 0 fully saturated rings. The first kappa shape index (κ1) is 11.5. The van der Waals surface area contributed by atoms with Gasteiger partial charge in [0.1, 0.15) is 11.9 Å². The third-order valence-electron chi connectivity index (χ3n) is 3.27. The van der Waals surface area contributed by atoms with Crippen LogP contribution in [0.1, 0.15) is 44.9 Å². The number of likely N-dealkylation sites (N-methyl/N-ethyl adjacent to an activating group) is 1. The summed E-state index contributed by atoms with van der Waals surface area (Å²) in [5, 5.41) is 3.32. The van der Waals surface area contributed by atoms with Gasteiger partial charge >= 0.3 is 0 Å². The Morgan fingerprint density at radius 3 is 2.50 bits per heavy atom. The zero-order valence-corrected chi connectivity index (χ0v) is 10.8. The van der Waals surface area contributed by atoms with Crippen LogP contribution in [0.3, 0.4) is 0 Å². The molecule has 1 aromatic rings. The van der Waals surface area contributed by atoms with Crippen LogP contribution in [0.2, 0.25) is 0 Å². The molecule has 2 heteroatoms. The van der Waals surface area contributed by atoms with Crippen molar-refractivity contribution in [2.45, 2.75) is 45.3 Å². The van der Waals surface area contributed by atoms with Gasteiger partial charge in [0, 0.05) is 5.56 Å². The van der Waals surface area contributed by atoms with Gasteiger partial charge in [-0.2, -0.15) is 0 Å². The van der Waals surface area contributed by atoms with Crippen molar-refractivity contribution in [3.63, 3.8) is 0 Å². The Balaban J connectivity index is 2.52. The van der Waals surface area contributed by atoms with Gasteiger partial charge in [0.05, 0.1) is 6.04 Å². The van der Waals surface area contributed by atoms with Gasteiger partial charge in [0.2, 0.25) is 0 Å². The van der Waals surface area contributed by atoms with E-state index < -0.39 is 0 Å². The lowest BCUT2D eigenvalue weighted by Gasteiger charge is -2.21. The molecule has 2 nitrogen and oxygen atoms in total. The Labute approximate surface area is 98.0 Å². The minimum absolute atomic E-state index is 0.133. The number of fused-ring (bicyclic) bond motifs is 1. The molecule has 16 heavy (non-hydrogen) atoms. The van der Waals surface area contributed by atoms with Crippen LogP contribution in [0.4, 0.5) is 0 Å². The summed E-state index contributed by atoms with van der Waals surface area (Å²) in [6, 6.07) is 6.78. The molecule has 2 atom stereocenters. The number of benzene rings is 1. The molecule has 88 valence electrons. The SMILES string of the molecule is CNC1c2cccc(C(C)(C)C)c2OC1C. The van der Waals surface area contributed by atoms with E-state index in [4.69, 9.17) is 4.74 Å². The summed E-state index contributed by atoms with van der Waals surface area (Å²) in [4.78, 5) is 0. The second-order valence-corrected chi connectivity index (χ2v) is 5.56. The fraction of sp³-hybridized carbons (Fsp3) is 0.571. The maximum atomic E-state index is 6.01. The van der Waals surface area contributed by atoms with Gasteiger partial charge in [0.25, 0.3) is 0 Å². The molecule has 0 radical (unpaired) electrons. The van der Waals surface area contributed by atoms with E-state index in [0.29, 0.717) is 6.04 Å². The van der Waals surface area contributed by atoms with E-state index in [9.17, 15) is 0 Å². The Hall–Kier alpha value is -1.02. The summed E-state index contributed by atoms with van der Waals surface area (Å²) in [5.74, 6) is 1.09. The van der Waals surface area contributed by atoms with Crippen molar-refractivity contribution in [2.24, 2.45) is 0 Å². The lowest BCUT2D eigenvalue weighted by Crippen LogP contribution is -2.25. The molecule has 1 N–H and O–H groups in total. The van der Waals surface area contributed by atoms with Gasteiger partial charge in [-0.1, -0.05) is 39.0 Å². The highest BCUT2D eigenvalue weighted by atomic mass is 16.5. The van der Waals surface area contributed by atoms with E-state index in [-0.39, 0.29) is 11.5 Å². The van der Waals surface area contributed by atoms with Crippen LogP contribution in [0.25, 0.3) is 0 Å². The number of hydrogen-bond donors (Lipinski definition) is 1. The monoisotopic (exact) mass is 219 g/mol. The molecule has 0 saturated carbocycles. The van der Waals surface area contributed by atoms with Gasteiger partial charge in [0.15, 0.2) is 0 Å². The van der Waals surface area contributed by atoms with Crippen molar-refractivity contribution in [1.29, 1.82) is 0 Å². The predicted molar refractivity (Wildman–Crippen MR) is 67.0 cm³/mol. The summed E-state index contributed by atoms with van der Waals surface area (Å²) >= 11 is 0. The third-order valence-corrected chi connectivity index (χ3v) is 3.27. The van der Waals surface area contributed by atoms with Crippen LogP contribution >= 0.6 is 0 Å². The zero-order chi connectivity index (χ0) is 11.9. The van der Waals surface area contributed by atoms with E-state index >= 15 is 0 Å². The molecule has 2 unspecified atom stereocenters. The summed E-state index contributed by atoms with van der Waals surface area (Å²) in [6.45, 7) is 8.80. The topological polar surface area (TPSA) is 21.3 Å². The Kier molecular flexibility index (Phi) is 2.70. The summed E-state index contributed by atoms with van der Waals surface area (Å²) in [7, 11) is 1.99. The van der Waals surface area contributed by atoms with Crippen LogP contribution < -0.4 is 10.1 Å². The second kappa shape index (κ2) is 3.77. The first-order valence-electron chi connectivity index (χ1n) is 5.92. The molecule has 2 rings (SSSR count).